The van der Waals surface area contributed by atoms with E-state index in [4.69, 9.17) is 5.32 Å². The normalized spacial score (nSPS) is 46.9. The van der Waals surface area contributed by atoms with Gasteiger partial charge in [-0.05, 0) is 36.5 Å². The Bertz CT molecular complexity index is 219. The van der Waals surface area contributed by atoms with Crippen LogP contribution in [0.5, 0.6) is 0 Å². The minimum Gasteiger partial charge on any atom is -0.286 e. The molecule has 0 spiro atoms. The Kier molecular flexibility index (Phi) is 3.91. The number of hydrogen-bond donors (Lipinski definition) is 0. The lowest BCUT2D eigenvalue weighted by molar-refractivity contribution is 0.0239. The van der Waals surface area contributed by atoms with Gasteiger partial charge in [0.1, 0.15) is 0 Å². The largest absolute Gasteiger partial charge is 0.286 e. The quantitative estimate of drug-likeness (QED) is 0.668. The first-order valence-corrected chi connectivity index (χ1v) is 6.97. The molecule has 2 aliphatic heterocycles. The van der Waals surface area contributed by atoms with Crippen LogP contribution in [0.1, 0.15) is 40.5 Å². The van der Waals surface area contributed by atoms with Gasteiger partial charge in [-0.2, -0.15) is 0 Å². The number of rotatable bonds is 1. The average Bonchev–Trinajstić information content (AvgIpc) is 2.15. The van der Waals surface area contributed by atoms with Crippen LogP contribution in [0.15, 0.2) is 0 Å². The van der Waals surface area contributed by atoms with Crippen LogP contribution in [0.2, 0.25) is 0 Å². The zero-order chi connectivity index (χ0) is 11.7. The van der Waals surface area contributed by atoms with Gasteiger partial charge in [-0.3, -0.25) is 4.90 Å². The van der Waals surface area contributed by atoms with Crippen LogP contribution in [0, 0.1) is 23.7 Å². The smallest absolute Gasteiger partial charge is 0.0787 e. The molecule has 0 aromatic rings. The van der Waals surface area contributed by atoms with Crippen LogP contribution in [-0.4, -0.2) is 30.7 Å². The number of hydrogen-bond acceptors (Lipinski definition) is 1. The predicted octanol–water partition coefficient (Wildman–Crippen LogP) is 2.57. The van der Waals surface area contributed by atoms with Gasteiger partial charge in [0, 0.05) is 19.6 Å². The molecule has 0 saturated carbocycles. The molecular formula is C14H27N2. The van der Waals surface area contributed by atoms with Crippen LogP contribution < -0.4 is 5.32 Å². The predicted molar refractivity (Wildman–Crippen MR) is 68.3 cm³/mol. The molecule has 5 unspecified atom stereocenters. The number of nitrogens with zero attached hydrogens (tertiary/aromatic N) is 2. The molecular weight excluding hydrogens is 196 g/mol. The van der Waals surface area contributed by atoms with Gasteiger partial charge in [0.05, 0.1) is 6.17 Å². The highest BCUT2D eigenvalue weighted by Crippen LogP contribution is 2.29. The fraction of sp³-hybridized carbons (Fsp3) is 1.00. The van der Waals surface area contributed by atoms with E-state index in [-0.39, 0.29) is 0 Å². The zero-order valence-corrected chi connectivity index (χ0v) is 11.3. The third kappa shape index (κ3) is 2.78. The second-order valence-electron chi connectivity index (χ2n) is 6.50. The topological polar surface area (TPSA) is 17.3 Å². The maximum atomic E-state index is 4.91. The maximum absolute atomic E-state index is 4.91. The summed E-state index contributed by atoms with van der Waals surface area (Å²) in [5, 5.41) is 4.91. The van der Waals surface area contributed by atoms with Gasteiger partial charge in [0.15, 0.2) is 0 Å². The van der Waals surface area contributed by atoms with E-state index in [9.17, 15) is 0 Å². The first-order chi connectivity index (χ1) is 7.56. The fourth-order valence-electron chi connectivity index (χ4n) is 3.70. The van der Waals surface area contributed by atoms with Crippen molar-refractivity contribution in [2.45, 2.75) is 46.7 Å². The Hall–Kier alpha value is -0.0800. The summed E-state index contributed by atoms with van der Waals surface area (Å²) in [5.41, 5.74) is 0. The standard InChI is InChI=1S/C14H27N2/c1-10-6-13(4)14(15-7-10)16-8-11(2)5-12(3)9-16/h10-14H,5-9H2,1-4H3. The molecule has 16 heavy (non-hydrogen) atoms. The summed E-state index contributed by atoms with van der Waals surface area (Å²) in [4.78, 5) is 2.65. The summed E-state index contributed by atoms with van der Waals surface area (Å²) in [7, 11) is 0. The molecule has 0 aromatic carbocycles. The maximum Gasteiger partial charge on any atom is 0.0787 e. The van der Waals surface area contributed by atoms with Crippen LogP contribution in [0.3, 0.4) is 0 Å². The Labute approximate surface area is 101 Å². The highest BCUT2D eigenvalue weighted by Gasteiger charge is 2.34. The van der Waals surface area contributed by atoms with Gasteiger partial charge in [-0.1, -0.05) is 27.7 Å². The average molecular weight is 223 g/mol. The number of likely N-dealkylation sites (tertiary alicyclic amines) is 1. The van der Waals surface area contributed by atoms with Crippen molar-refractivity contribution in [2.24, 2.45) is 23.7 Å². The van der Waals surface area contributed by atoms with Gasteiger partial charge in [-0.25, -0.2) is 5.32 Å². The molecule has 2 heterocycles. The van der Waals surface area contributed by atoms with Gasteiger partial charge < -0.3 is 0 Å². The number of piperidine rings is 2. The van der Waals surface area contributed by atoms with E-state index < -0.39 is 0 Å². The van der Waals surface area contributed by atoms with Crippen molar-refractivity contribution in [2.75, 3.05) is 19.6 Å². The van der Waals surface area contributed by atoms with E-state index in [1.54, 1.807) is 0 Å². The molecule has 2 rings (SSSR count). The monoisotopic (exact) mass is 223 g/mol. The SMILES string of the molecule is CC1C[N]C(N2CC(C)CC(C)C2)C(C)C1. The molecule has 0 aliphatic carbocycles. The van der Waals surface area contributed by atoms with E-state index in [2.05, 4.69) is 32.6 Å². The van der Waals surface area contributed by atoms with Crippen molar-refractivity contribution >= 4 is 0 Å². The van der Waals surface area contributed by atoms with E-state index in [1.165, 1.54) is 25.9 Å². The third-order valence-corrected chi connectivity index (χ3v) is 4.16. The van der Waals surface area contributed by atoms with Crippen LogP contribution >= 0.6 is 0 Å². The van der Waals surface area contributed by atoms with Crippen molar-refractivity contribution in [3.8, 4) is 0 Å². The summed E-state index contributed by atoms with van der Waals surface area (Å²) in [6, 6.07) is 0. The van der Waals surface area contributed by atoms with Gasteiger partial charge in [0.2, 0.25) is 0 Å². The van der Waals surface area contributed by atoms with Crippen LogP contribution in [-0.2, 0) is 0 Å². The van der Waals surface area contributed by atoms with Crippen molar-refractivity contribution in [1.29, 1.82) is 0 Å². The van der Waals surface area contributed by atoms with E-state index >= 15 is 0 Å². The Balaban J connectivity index is 1.95. The minimum atomic E-state index is 0.515. The Morgan fingerprint density at radius 3 is 2.06 bits per heavy atom. The lowest BCUT2D eigenvalue weighted by Crippen LogP contribution is -2.54. The highest BCUT2D eigenvalue weighted by molar-refractivity contribution is 4.85. The van der Waals surface area contributed by atoms with Crippen LogP contribution in [0.4, 0.5) is 0 Å². The van der Waals surface area contributed by atoms with Crippen LogP contribution in [0.25, 0.3) is 0 Å². The Morgan fingerprint density at radius 1 is 0.875 bits per heavy atom. The minimum absolute atomic E-state index is 0.515. The molecule has 1 radical (unpaired) electrons. The van der Waals surface area contributed by atoms with Crippen molar-refractivity contribution in [3.63, 3.8) is 0 Å². The summed E-state index contributed by atoms with van der Waals surface area (Å²) in [6.07, 6.45) is 3.27. The summed E-state index contributed by atoms with van der Waals surface area (Å²) in [6.45, 7) is 13.1. The lowest BCUT2D eigenvalue weighted by Gasteiger charge is -2.44. The Morgan fingerprint density at radius 2 is 1.50 bits per heavy atom. The van der Waals surface area contributed by atoms with E-state index in [0.29, 0.717) is 6.17 Å². The summed E-state index contributed by atoms with van der Waals surface area (Å²) in [5.74, 6) is 3.25. The zero-order valence-electron chi connectivity index (χ0n) is 11.3. The third-order valence-electron chi connectivity index (χ3n) is 4.16. The molecule has 5 atom stereocenters. The van der Waals surface area contributed by atoms with Gasteiger partial charge in [-0.15, -0.1) is 0 Å². The molecule has 2 heteroatoms. The fourth-order valence-corrected chi connectivity index (χ4v) is 3.70. The molecule has 0 amide bonds. The molecule has 2 saturated heterocycles. The van der Waals surface area contributed by atoms with E-state index in [0.717, 1.165) is 30.2 Å². The van der Waals surface area contributed by atoms with E-state index in [1.807, 2.05) is 0 Å². The second kappa shape index (κ2) is 5.05. The molecule has 2 fully saturated rings. The summed E-state index contributed by atoms with van der Waals surface area (Å²) >= 11 is 0. The second-order valence-corrected chi connectivity index (χ2v) is 6.50. The van der Waals surface area contributed by atoms with Crippen molar-refractivity contribution in [3.05, 3.63) is 0 Å². The first-order valence-electron chi connectivity index (χ1n) is 6.97. The van der Waals surface area contributed by atoms with Crippen molar-refractivity contribution in [1.82, 2.24) is 10.2 Å². The molecule has 2 nitrogen and oxygen atoms in total. The molecule has 0 bridgehead atoms. The van der Waals surface area contributed by atoms with Gasteiger partial charge >= 0.3 is 0 Å². The molecule has 0 aromatic heterocycles. The lowest BCUT2D eigenvalue weighted by atomic mass is 9.86. The van der Waals surface area contributed by atoms with Gasteiger partial charge in [0.25, 0.3) is 0 Å². The first kappa shape index (κ1) is 12.4. The van der Waals surface area contributed by atoms with Crippen molar-refractivity contribution < 1.29 is 0 Å². The molecule has 2 aliphatic rings. The highest BCUT2D eigenvalue weighted by atomic mass is 15.3. The molecule has 93 valence electrons. The summed E-state index contributed by atoms with van der Waals surface area (Å²) < 4.78 is 0. The molecule has 0 N–H and O–H groups in total.